The van der Waals surface area contributed by atoms with Gasteiger partial charge in [0, 0.05) is 30.4 Å². The molecule has 0 atom stereocenters. The Kier molecular flexibility index (Phi) is 3.64. The minimum absolute atomic E-state index is 0.180. The Bertz CT molecular complexity index is 1060. The number of hydrogen-bond donors (Lipinski definition) is 1. The predicted octanol–water partition coefficient (Wildman–Crippen LogP) is 3.59. The molecule has 25 heavy (non-hydrogen) atoms. The molecule has 6 nitrogen and oxygen atoms in total. The summed E-state index contributed by atoms with van der Waals surface area (Å²) in [5.74, 6) is 0.00800. The number of nitrogens with one attached hydrogen (secondary N) is 1. The quantitative estimate of drug-likeness (QED) is 0.614. The summed E-state index contributed by atoms with van der Waals surface area (Å²) in [6.45, 7) is -2.98. The van der Waals surface area contributed by atoms with Crippen molar-refractivity contribution in [3.05, 3.63) is 48.8 Å². The van der Waals surface area contributed by atoms with Crippen LogP contribution in [0, 0.1) is 0 Å². The van der Waals surface area contributed by atoms with Crippen LogP contribution in [0.2, 0.25) is 0 Å². The van der Waals surface area contributed by atoms with E-state index in [0.717, 1.165) is 16.5 Å². The third-order valence-corrected chi connectivity index (χ3v) is 3.82. The fraction of sp³-hybridized carbons (Fsp3) is 0.118. The molecule has 0 aliphatic heterocycles. The Morgan fingerprint density at radius 2 is 2.08 bits per heavy atom. The van der Waals surface area contributed by atoms with Crippen molar-refractivity contribution in [3.63, 3.8) is 0 Å². The number of halogens is 2. The maximum absolute atomic E-state index is 12.8. The van der Waals surface area contributed by atoms with E-state index >= 15 is 0 Å². The van der Waals surface area contributed by atoms with Crippen molar-refractivity contribution < 1.29 is 13.5 Å². The molecule has 0 saturated heterocycles. The molecule has 3 aromatic heterocycles. The lowest BCUT2D eigenvalue weighted by Crippen LogP contribution is -2.09. The first-order valence-corrected chi connectivity index (χ1v) is 7.53. The summed E-state index contributed by atoms with van der Waals surface area (Å²) in [4.78, 5) is 8.31. The molecule has 0 bridgehead atoms. The van der Waals surface area contributed by atoms with E-state index in [4.69, 9.17) is 0 Å². The van der Waals surface area contributed by atoms with E-state index in [1.165, 1.54) is 4.52 Å². The molecule has 4 rings (SSSR count). The summed E-state index contributed by atoms with van der Waals surface area (Å²) in [5.41, 5.74) is 2.77. The summed E-state index contributed by atoms with van der Waals surface area (Å²) in [5, 5.41) is 7.90. The number of alkyl halides is 2. The Balaban J connectivity index is 1.94. The molecular formula is C17H13F2N5O. The highest BCUT2D eigenvalue weighted by molar-refractivity contribution is 5.90. The minimum Gasteiger partial charge on any atom is -0.414 e. The molecule has 126 valence electrons. The third kappa shape index (κ3) is 2.71. The van der Waals surface area contributed by atoms with Crippen LogP contribution in [0.3, 0.4) is 0 Å². The van der Waals surface area contributed by atoms with Gasteiger partial charge in [-0.25, -0.2) is 4.52 Å². The van der Waals surface area contributed by atoms with Crippen LogP contribution in [0.4, 0.5) is 14.7 Å². The Morgan fingerprint density at radius 3 is 2.88 bits per heavy atom. The standard InChI is InChI=1S/C17H13F2N5O/c1-20-17-22-15(25-16(18)19)14-12(6-8-24(14)23-17)10-4-5-13-11(9-10)3-2-7-21-13/h2-9,16H,1H3,(H,20,23). The number of hydrogen-bond acceptors (Lipinski definition) is 5. The lowest BCUT2D eigenvalue weighted by atomic mass is 10.0. The fourth-order valence-electron chi connectivity index (χ4n) is 2.74. The smallest absolute Gasteiger partial charge is 0.388 e. The van der Waals surface area contributed by atoms with Crippen LogP contribution < -0.4 is 10.1 Å². The van der Waals surface area contributed by atoms with E-state index in [9.17, 15) is 8.78 Å². The summed E-state index contributed by atoms with van der Waals surface area (Å²) < 4.78 is 31.7. The van der Waals surface area contributed by atoms with Gasteiger partial charge in [-0.3, -0.25) is 4.98 Å². The van der Waals surface area contributed by atoms with Gasteiger partial charge in [0.2, 0.25) is 11.8 Å². The average molecular weight is 341 g/mol. The van der Waals surface area contributed by atoms with Crippen LogP contribution in [0.5, 0.6) is 5.88 Å². The SMILES string of the molecule is CNc1nc(OC(F)F)c2c(-c3ccc4ncccc4c3)ccn2n1. The van der Waals surface area contributed by atoms with Gasteiger partial charge in [-0.15, -0.1) is 5.10 Å². The van der Waals surface area contributed by atoms with Gasteiger partial charge in [0.15, 0.2) is 0 Å². The van der Waals surface area contributed by atoms with E-state index in [-0.39, 0.29) is 11.8 Å². The van der Waals surface area contributed by atoms with Gasteiger partial charge in [-0.05, 0) is 29.8 Å². The predicted molar refractivity (Wildman–Crippen MR) is 89.9 cm³/mol. The minimum atomic E-state index is -2.98. The number of rotatable bonds is 4. The molecule has 0 unspecified atom stereocenters. The molecule has 1 aromatic carbocycles. The van der Waals surface area contributed by atoms with Gasteiger partial charge >= 0.3 is 6.61 Å². The molecule has 0 aliphatic carbocycles. The van der Waals surface area contributed by atoms with Gasteiger partial charge in [0.05, 0.1) is 5.52 Å². The summed E-state index contributed by atoms with van der Waals surface area (Å²) in [7, 11) is 1.61. The van der Waals surface area contributed by atoms with Crippen LogP contribution in [0.25, 0.3) is 27.5 Å². The normalized spacial score (nSPS) is 11.4. The van der Waals surface area contributed by atoms with Gasteiger partial charge in [0.25, 0.3) is 0 Å². The second kappa shape index (κ2) is 5.97. The van der Waals surface area contributed by atoms with Crippen molar-refractivity contribution >= 4 is 22.4 Å². The average Bonchev–Trinajstić information content (AvgIpc) is 3.05. The van der Waals surface area contributed by atoms with Crippen molar-refractivity contribution in [2.75, 3.05) is 12.4 Å². The number of nitrogens with zero attached hydrogens (tertiary/aromatic N) is 4. The first-order chi connectivity index (χ1) is 12.2. The number of pyridine rings is 1. The van der Waals surface area contributed by atoms with Crippen LogP contribution in [-0.2, 0) is 0 Å². The molecule has 8 heteroatoms. The zero-order valence-corrected chi connectivity index (χ0v) is 13.1. The molecular weight excluding hydrogens is 328 g/mol. The fourth-order valence-corrected chi connectivity index (χ4v) is 2.74. The molecule has 0 radical (unpaired) electrons. The van der Waals surface area contributed by atoms with Crippen LogP contribution >= 0.6 is 0 Å². The zero-order chi connectivity index (χ0) is 17.4. The highest BCUT2D eigenvalue weighted by Gasteiger charge is 2.18. The Labute approximate surface area is 141 Å². The lowest BCUT2D eigenvalue weighted by molar-refractivity contribution is -0.0519. The maximum Gasteiger partial charge on any atom is 0.388 e. The van der Waals surface area contributed by atoms with E-state index in [1.54, 1.807) is 25.5 Å². The number of fused-ring (bicyclic) bond motifs is 2. The second-order valence-corrected chi connectivity index (χ2v) is 5.30. The number of ether oxygens (including phenoxy) is 1. The van der Waals surface area contributed by atoms with Crippen molar-refractivity contribution in [3.8, 4) is 17.0 Å². The molecule has 0 amide bonds. The monoisotopic (exact) mass is 341 g/mol. The lowest BCUT2D eigenvalue weighted by Gasteiger charge is -2.10. The molecule has 0 aliphatic rings. The van der Waals surface area contributed by atoms with E-state index < -0.39 is 6.61 Å². The Hall–Kier alpha value is -3.29. The highest BCUT2D eigenvalue weighted by atomic mass is 19.3. The van der Waals surface area contributed by atoms with Crippen LogP contribution in [0.15, 0.2) is 48.8 Å². The van der Waals surface area contributed by atoms with Gasteiger partial charge in [-0.1, -0.05) is 12.1 Å². The molecule has 0 fully saturated rings. The molecule has 1 N–H and O–H groups in total. The summed E-state index contributed by atoms with van der Waals surface area (Å²) in [6, 6.07) is 11.3. The topological polar surface area (TPSA) is 64.3 Å². The molecule has 4 aromatic rings. The van der Waals surface area contributed by atoms with Crippen molar-refractivity contribution in [1.29, 1.82) is 0 Å². The summed E-state index contributed by atoms with van der Waals surface area (Å²) >= 11 is 0. The summed E-state index contributed by atoms with van der Waals surface area (Å²) in [6.07, 6.45) is 3.40. The Morgan fingerprint density at radius 1 is 1.20 bits per heavy atom. The van der Waals surface area contributed by atoms with E-state index in [1.807, 2.05) is 30.3 Å². The third-order valence-electron chi connectivity index (χ3n) is 3.82. The number of benzene rings is 1. The van der Waals surface area contributed by atoms with Crippen molar-refractivity contribution in [2.45, 2.75) is 6.61 Å². The maximum atomic E-state index is 12.8. The molecule has 0 saturated carbocycles. The highest BCUT2D eigenvalue weighted by Crippen LogP contribution is 2.33. The van der Waals surface area contributed by atoms with Crippen molar-refractivity contribution in [2.24, 2.45) is 0 Å². The second-order valence-electron chi connectivity index (χ2n) is 5.30. The number of aromatic nitrogens is 4. The van der Waals surface area contributed by atoms with Crippen LogP contribution in [-0.4, -0.2) is 33.2 Å². The van der Waals surface area contributed by atoms with E-state index in [2.05, 4.69) is 25.1 Å². The molecule has 3 heterocycles. The van der Waals surface area contributed by atoms with Crippen molar-refractivity contribution in [1.82, 2.24) is 19.6 Å². The number of anilines is 1. The van der Waals surface area contributed by atoms with Gasteiger partial charge in [0.1, 0.15) is 5.52 Å². The first-order valence-electron chi connectivity index (χ1n) is 7.53. The largest absolute Gasteiger partial charge is 0.414 e. The first kappa shape index (κ1) is 15.3. The van der Waals surface area contributed by atoms with Gasteiger partial charge < -0.3 is 10.1 Å². The van der Waals surface area contributed by atoms with Crippen LogP contribution in [0.1, 0.15) is 0 Å². The van der Waals surface area contributed by atoms with E-state index in [0.29, 0.717) is 11.1 Å². The molecule has 0 spiro atoms. The zero-order valence-electron chi connectivity index (χ0n) is 13.1. The van der Waals surface area contributed by atoms with Gasteiger partial charge in [-0.2, -0.15) is 13.8 Å².